The van der Waals surface area contributed by atoms with Gasteiger partial charge in [0, 0.05) is 18.3 Å². The topological polar surface area (TPSA) is 12.9 Å². The smallest absolute Gasteiger partial charge is 0.0270 e. The van der Waals surface area contributed by atoms with E-state index >= 15 is 0 Å². The number of rotatable bonds is 4. The zero-order valence-electron chi connectivity index (χ0n) is 6.87. The number of unbranched alkanes of at least 4 members (excludes halogenated alkanes) is 1. The molecule has 0 aliphatic heterocycles. The lowest BCUT2D eigenvalue weighted by atomic mass is 10.1. The Morgan fingerprint density at radius 1 is 1.17 bits per heavy atom. The number of nitrogens with zero attached hydrogens (tertiary/aromatic N) is 1. The Labute approximate surface area is 84.6 Å². The van der Waals surface area contributed by atoms with E-state index in [-0.39, 0.29) is 12.4 Å². The van der Waals surface area contributed by atoms with Gasteiger partial charge in [-0.1, -0.05) is 0 Å². The first kappa shape index (κ1) is 11.7. The van der Waals surface area contributed by atoms with Gasteiger partial charge in [-0.2, -0.15) is 0 Å². The van der Waals surface area contributed by atoms with E-state index in [2.05, 4.69) is 4.98 Å². The van der Waals surface area contributed by atoms with Crippen molar-refractivity contribution in [3.05, 3.63) is 30.1 Å². The number of halogens is 2. The number of pyridine rings is 1. The van der Waals surface area contributed by atoms with Gasteiger partial charge in [0.25, 0.3) is 0 Å². The predicted molar refractivity (Wildman–Crippen MR) is 55.1 cm³/mol. The summed E-state index contributed by atoms with van der Waals surface area (Å²) in [6.07, 6.45) is 7.05. The molecule has 0 aliphatic carbocycles. The maximum absolute atomic E-state index is 5.56. The summed E-state index contributed by atoms with van der Waals surface area (Å²) in [5, 5.41) is 0. The maximum Gasteiger partial charge on any atom is 0.0270 e. The van der Waals surface area contributed by atoms with Gasteiger partial charge in [-0.25, -0.2) is 0 Å². The van der Waals surface area contributed by atoms with Crippen LogP contribution < -0.4 is 0 Å². The Bertz CT molecular complexity index is 189. The summed E-state index contributed by atoms with van der Waals surface area (Å²) in [5.41, 5.74) is 1.35. The first-order valence-corrected chi connectivity index (χ1v) is 4.42. The van der Waals surface area contributed by atoms with Gasteiger partial charge >= 0.3 is 0 Å². The third-order valence-corrected chi connectivity index (χ3v) is 1.87. The van der Waals surface area contributed by atoms with E-state index in [0.29, 0.717) is 0 Å². The van der Waals surface area contributed by atoms with Crippen LogP contribution >= 0.6 is 24.0 Å². The molecule has 68 valence electrons. The molecule has 0 radical (unpaired) electrons. The van der Waals surface area contributed by atoms with Crippen molar-refractivity contribution in [2.75, 3.05) is 5.88 Å². The van der Waals surface area contributed by atoms with Crippen molar-refractivity contribution in [2.45, 2.75) is 19.3 Å². The quantitative estimate of drug-likeness (QED) is 0.545. The number of aryl methyl sites for hydroxylation is 1. The Hall–Kier alpha value is -0.270. The first-order valence-electron chi connectivity index (χ1n) is 3.88. The Morgan fingerprint density at radius 2 is 1.83 bits per heavy atom. The molecule has 3 heteroatoms. The van der Waals surface area contributed by atoms with Crippen molar-refractivity contribution in [3.8, 4) is 0 Å². The highest BCUT2D eigenvalue weighted by molar-refractivity contribution is 6.17. The second-order valence-electron chi connectivity index (χ2n) is 2.50. The molecule has 1 aromatic heterocycles. The lowest BCUT2D eigenvalue weighted by molar-refractivity contribution is 0.798. The molecule has 0 spiro atoms. The zero-order valence-corrected chi connectivity index (χ0v) is 8.44. The minimum absolute atomic E-state index is 0. The molecule has 12 heavy (non-hydrogen) atoms. The average molecular weight is 206 g/mol. The summed E-state index contributed by atoms with van der Waals surface area (Å²) in [4.78, 5) is 3.95. The summed E-state index contributed by atoms with van der Waals surface area (Å²) < 4.78 is 0. The van der Waals surface area contributed by atoms with Crippen LogP contribution in [0.5, 0.6) is 0 Å². The molecule has 0 amide bonds. The molecule has 0 N–H and O–H groups in total. The molecule has 0 bridgehead atoms. The summed E-state index contributed by atoms with van der Waals surface area (Å²) in [6.45, 7) is 0. The van der Waals surface area contributed by atoms with Gasteiger partial charge in [-0.3, -0.25) is 4.98 Å². The van der Waals surface area contributed by atoms with Gasteiger partial charge in [-0.15, -0.1) is 24.0 Å². The van der Waals surface area contributed by atoms with E-state index in [0.717, 1.165) is 18.7 Å². The van der Waals surface area contributed by atoms with Crippen LogP contribution in [0.25, 0.3) is 0 Å². The Kier molecular flexibility index (Phi) is 7.22. The van der Waals surface area contributed by atoms with E-state index in [1.165, 1.54) is 12.0 Å². The summed E-state index contributed by atoms with van der Waals surface area (Å²) >= 11 is 5.56. The van der Waals surface area contributed by atoms with Crippen LogP contribution in [0.4, 0.5) is 0 Å². The van der Waals surface area contributed by atoms with Gasteiger partial charge in [0.05, 0.1) is 0 Å². The highest BCUT2D eigenvalue weighted by Gasteiger charge is 1.90. The average Bonchev–Trinajstić information content (AvgIpc) is 2.07. The van der Waals surface area contributed by atoms with E-state index in [9.17, 15) is 0 Å². The second-order valence-corrected chi connectivity index (χ2v) is 2.88. The number of aromatic nitrogens is 1. The minimum Gasteiger partial charge on any atom is -0.265 e. The van der Waals surface area contributed by atoms with Crippen LogP contribution in [0.15, 0.2) is 24.5 Å². The third kappa shape index (κ3) is 4.58. The van der Waals surface area contributed by atoms with Crippen molar-refractivity contribution in [1.82, 2.24) is 4.98 Å². The number of hydrogen-bond acceptors (Lipinski definition) is 1. The molecule has 0 atom stereocenters. The van der Waals surface area contributed by atoms with Crippen LogP contribution in [0, 0.1) is 0 Å². The highest BCUT2D eigenvalue weighted by atomic mass is 35.5. The van der Waals surface area contributed by atoms with Gasteiger partial charge in [-0.05, 0) is 37.0 Å². The van der Waals surface area contributed by atoms with Gasteiger partial charge in [0.1, 0.15) is 0 Å². The standard InChI is InChI=1S/C9H12ClN.ClH/c10-6-2-1-3-9-4-7-11-8-5-9;/h4-5,7-8H,1-3,6H2;1H. The van der Waals surface area contributed by atoms with Crippen molar-refractivity contribution in [3.63, 3.8) is 0 Å². The molecular formula is C9H13Cl2N. The SMILES string of the molecule is Cl.ClCCCCc1ccncc1. The molecule has 0 aromatic carbocycles. The predicted octanol–water partition coefficient (Wildman–Crippen LogP) is 3.06. The summed E-state index contributed by atoms with van der Waals surface area (Å²) in [5.74, 6) is 0.769. The monoisotopic (exact) mass is 205 g/mol. The highest BCUT2D eigenvalue weighted by Crippen LogP contribution is 2.03. The third-order valence-electron chi connectivity index (χ3n) is 1.60. The fraction of sp³-hybridized carbons (Fsp3) is 0.444. The largest absolute Gasteiger partial charge is 0.265 e. The molecular weight excluding hydrogens is 193 g/mol. The van der Waals surface area contributed by atoms with Crippen LogP contribution in [0.3, 0.4) is 0 Å². The number of hydrogen-bond donors (Lipinski definition) is 0. The minimum atomic E-state index is 0. The second kappa shape index (κ2) is 7.38. The summed E-state index contributed by atoms with van der Waals surface area (Å²) in [7, 11) is 0. The van der Waals surface area contributed by atoms with Crippen molar-refractivity contribution in [2.24, 2.45) is 0 Å². The van der Waals surface area contributed by atoms with E-state index < -0.39 is 0 Å². The molecule has 0 fully saturated rings. The number of alkyl halides is 1. The molecule has 1 aromatic rings. The summed E-state index contributed by atoms with van der Waals surface area (Å²) in [6, 6.07) is 4.10. The van der Waals surface area contributed by atoms with E-state index in [1.54, 1.807) is 0 Å². The van der Waals surface area contributed by atoms with Crippen LogP contribution in [-0.2, 0) is 6.42 Å². The van der Waals surface area contributed by atoms with Crippen LogP contribution in [0.2, 0.25) is 0 Å². The molecule has 0 saturated carbocycles. The molecule has 1 heterocycles. The molecule has 1 nitrogen and oxygen atoms in total. The molecule has 1 rings (SSSR count). The van der Waals surface area contributed by atoms with Gasteiger partial charge < -0.3 is 0 Å². The van der Waals surface area contributed by atoms with Gasteiger partial charge in [0.2, 0.25) is 0 Å². The van der Waals surface area contributed by atoms with Crippen molar-refractivity contribution >= 4 is 24.0 Å². The fourth-order valence-electron chi connectivity index (χ4n) is 0.973. The normalized spacial score (nSPS) is 9.08. The Balaban J connectivity index is 0.00000121. The zero-order chi connectivity index (χ0) is 7.94. The molecule has 0 saturated heterocycles. The fourth-order valence-corrected chi connectivity index (χ4v) is 1.16. The van der Waals surface area contributed by atoms with Crippen LogP contribution in [0.1, 0.15) is 18.4 Å². The maximum atomic E-state index is 5.56. The van der Waals surface area contributed by atoms with Crippen molar-refractivity contribution < 1.29 is 0 Å². The van der Waals surface area contributed by atoms with Gasteiger partial charge in [0.15, 0.2) is 0 Å². The molecule has 0 unspecified atom stereocenters. The first-order chi connectivity index (χ1) is 5.43. The Morgan fingerprint density at radius 3 is 2.42 bits per heavy atom. The van der Waals surface area contributed by atoms with E-state index in [4.69, 9.17) is 11.6 Å². The van der Waals surface area contributed by atoms with E-state index in [1.807, 2.05) is 24.5 Å². The lowest BCUT2D eigenvalue weighted by Crippen LogP contribution is -1.85. The van der Waals surface area contributed by atoms with Crippen molar-refractivity contribution in [1.29, 1.82) is 0 Å². The van der Waals surface area contributed by atoms with Crippen LogP contribution in [-0.4, -0.2) is 10.9 Å². The molecule has 0 aliphatic rings. The lowest BCUT2D eigenvalue weighted by Gasteiger charge is -1.97.